The fraction of sp³-hybridized carbons (Fsp3) is 0.667. The Bertz CT molecular complexity index is 166. The lowest BCUT2D eigenvalue weighted by atomic mass is 10.2. The third kappa shape index (κ3) is 2.45. The van der Waals surface area contributed by atoms with E-state index in [1.165, 1.54) is 0 Å². The van der Waals surface area contributed by atoms with Crippen LogP contribution in [-0.4, -0.2) is 29.9 Å². The summed E-state index contributed by atoms with van der Waals surface area (Å²) in [6.07, 6.45) is -1.15. The molecule has 5 nitrogen and oxygen atoms in total. The Labute approximate surface area is 62.9 Å². The van der Waals surface area contributed by atoms with Crippen molar-refractivity contribution in [2.45, 2.75) is 18.9 Å². The molecule has 1 rings (SSSR count). The molecule has 0 aromatic rings. The molecule has 0 aromatic heterocycles. The summed E-state index contributed by atoms with van der Waals surface area (Å²) in [6.45, 7) is 0.0468. The van der Waals surface area contributed by atoms with Crippen LogP contribution < -0.4 is 0 Å². The first kappa shape index (κ1) is 7.84. The first-order valence-electron chi connectivity index (χ1n) is 3.23. The standard InChI is InChI=1S/C6H8O5/c7-5-2-1-4(3-10-5)11-6(8)9/h4H,1-3H2,(H,8,9). The van der Waals surface area contributed by atoms with Crippen molar-refractivity contribution in [1.82, 2.24) is 0 Å². The molecule has 1 N–H and O–H groups in total. The van der Waals surface area contributed by atoms with Gasteiger partial charge < -0.3 is 14.6 Å². The predicted octanol–water partition coefficient (Wildman–Crippen LogP) is 0.387. The Morgan fingerprint density at radius 3 is 2.91 bits per heavy atom. The van der Waals surface area contributed by atoms with Gasteiger partial charge in [-0.15, -0.1) is 0 Å². The second-order valence-corrected chi connectivity index (χ2v) is 2.23. The van der Waals surface area contributed by atoms with Gasteiger partial charge in [0.15, 0.2) is 0 Å². The van der Waals surface area contributed by atoms with Crippen molar-refractivity contribution in [3.8, 4) is 0 Å². The van der Waals surface area contributed by atoms with Crippen LogP contribution in [0.1, 0.15) is 12.8 Å². The van der Waals surface area contributed by atoms with E-state index in [4.69, 9.17) is 5.11 Å². The van der Waals surface area contributed by atoms with E-state index in [-0.39, 0.29) is 19.0 Å². The lowest BCUT2D eigenvalue weighted by molar-refractivity contribution is -0.153. The Morgan fingerprint density at radius 1 is 1.73 bits per heavy atom. The van der Waals surface area contributed by atoms with Crippen molar-refractivity contribution >= 4 is 12.1 Å². The second kappa shape index (κ2) is 3.23. The maximum Gasteiger partial charge on any atom is 0.506 e. The fourth-order valence-electron chi connectivity index (χ4n) is 0.856. The first-order chi connectivity index (χ1) is 5.18. The quantitative estimate of drug-likeness (QED) is 0.561. The molecule has 1 saturated heterocycles. The Hall–Kier alpha value is -1.26. The predicted molar refractivity (Wildman–Crippen MR) is 33.1 cm³/mol. The molecule has 1 atom stereocenters. The Balaban J connectivity index is 2.28. The van der Waals surface area contributed by atoms with Crippen LogP contribution in [0, 0.1) is 0 Å². The normalized spacial score (nSPS) is 24.0. The van der Waals surface area contributed by atoms with Gasteiger partial charge in [0.1, 0.15) is 12.7 Å². The first-order valence-corrected chi connectivity index (χ1v) is 3.23. The third-order valence-electron chi connectivity index (χ3n) is 1.37. The summed E-state index contributed by atoms with van der Waals surface area (Å²) in [6, 6.07) is 0. The molecule has 1 aliphatic heterocycles. The number of carbonyl (C=O) groups is 2. The molecule has 0 bridgehead atoms. The third-order valence-corrected chi connectivity index (χ3v) is 1.37. The zero-order valence-corrected chi connectivity index (χ0v) is 5.78. The SMILES string of the molecule is O=C(O)OC1CCC(=O)OC1. The maximum atomic E-state index is 10.5. The number of carboxylic acid groups (broad SMARTS) is 1. The average molecular weight is 160 g/mol. The minimum Gasteiger partial charge on any atom is -0.462 e. The molecule has 1 fully saturated rings. The second-order valence-electron chi connectivity index (χ2n) is 2.23. The van der Waals surface area contributed by atoms with E-state index in [1.54, 1.807) is 0 Å². The van der Waals surface area contributed by atoms with Crippen molar-refractivity contribution in [3.63, 3.8) is 0 Å². The van der Waals surface area contributed by atoms with Gasteiger partial charge in [-0.05, 0) is 6.42 Å². The van der Waals surface area contributed by atoms with E-state index in [0.717, 1.165) is 0 Å². The van der Waals surface area contributed by atoms with Crippen LogP contribution in [0.5, 0.6) is 0 Å². The lowest BCUT2D eigenvalue weighted by Gasteiger charge is -2.19. The van der Waals surface area contributed by atoms with E-state index in [2.05, 4.69) is 9.47 Å². The molecule has 1 unspecified atom stereocenters. The van der Waals surface area contributed by atoms with E-state index in [9.17, 15) is 9.59 Å². The summed E-state index contributed by atoms with van der Waals surface area (Å²) >= 11 is 0. The molecule has 0 saturated carbocycles. The molecule has 0 aromatic carbocycles. The summed E-state index contributed by atoms with van der Waals surface area (Å²) in [4.78, 5) is 20.5. The number of hydrogen-bond acceptors (Lipinski definition) is 4. The highest BCUT2D eigenvalue weighted by Gasteiger charge is 2.22. The van der Waals surface area contributed by atoms with Gasteiger partial charge in [-0.1, -0.05) is 0 Å². The number of esters is 1. The van der Waals surface area contributed by atoms with E-state index in [0.29, 0.717) is 6.42 Å². The van der Waals surface area contributed by atoms with Crippen LogP contribution in [0.25, 0.3) is 0 Å². The summed E-state index contributed by atoms with van der Waals surface area (Å²) < 4.78 is 8.94. The molecule has 0 aliphatic carbocycles. The Kier molecular flexibility index (Phi) is 2.30. The van der Waals surface area contributed by atoms with Crippen LogP contribution >= 0.6 is 0 Å². The number of rotatable bonds is 1. The fourth-order valence-corrected chi connectivity index (χ4v) is 0.856. The zero-order chi connectivity index (χ0) is 8.27. The number of ether oxygens (including phenoxy) is 2. The van der Waals surface area contributed by atoms with Gasteiger partial charge >= 0.3 is 12.1 Å². The van der Waals surface area contributed by atoms with Crippen molar-refractivity contribution < 1.29 is 24.2 Å². The van der Waals surface area contributed by atoms with E-state index < -0.39 is 12.3 Å². The molecule has 0 radical (unpaired) electrons. The topological polar surface area (TPSA) is 72.8 Å². The molecular weight excluding hydrogens is 152 g/mol. The molecule has 0 spiro atoms. The van der Waals surface area contributed by atoms with Crippen LogP contribution in [0.2, 0.25) is 0 Å². The molecule has 1 heterocycles. The van der Waals surface area contributed by atoms with Gasteiger partial charge in [0.25, 0.3) is 0 Å². The van der Waals surface area contributed by atoms with Gasteiger partial charge in [0.05, 0.1) is 0 Å². The van der Waals surface area contributed by atoms with Crippen LogP contribution in [0.4, 0.5) is 4.79 Å². The molecular formula is C6H8O5. The van der Waals surface area contributed by atoms with E-state index in [1.807, 2.05) is 0 Å². The van der Waals surface area contributed by atoms with Gasteiger partial charge in [0.2, 0.25) is 0 Å². The van der Waals surface area contributed by atoms with Crippen molar-refractivity contribution in [2.24, 2.45) is 0 Å². The van der Waals surface area contributed by atoms with E-state index >= 15 is 0 Å². The average Bonchev–Trinajstić information content (AvgIpc) is 1.93. The van der Waals surface area contributed by atoms with Crippen molar-refractivity contribution in [3.05, 3.63) is 0 Å². The molecule has 1 aliphatic rings. The van der Waals surface area contributed by atoms with Gasteiger partial charge in [-0.25, -0.2) is 4.79 Å². The van der Waals surface area contributed by atoms with Crippen molar-refractivity contribution in [2.75, 3.05) is 6.61 Å². The zero-order valence-electron chi connectivity index (χ0n) is 5.78. The number of hydrogen-bond donors (Lipinski definition) is 1. The molecule has 5 heteroatoms. The van der Waals surface area contributed by atoms with Crippen LogP contribution in [0.3, 0.4) is 0 Å². The highest BCUT2D eigenvalue weighted by molar-refractivity contribution is 5.70. The minimum atomic E-state index is -1.33. The van der Waals surface area contributed by atoms with Crippen molar-refractivity contribution in [1.29, 1.82) is 0 Å². The molecule has 0 amide bonds. The largest absolute Gasteiger partial charge is 0.506 e. The monoisotopic (exact) mass is 160 g/mol. The van der Waals surface area contributed by atoms with Crippen LogP contribution in [0.15, 0.2) is 0 Å². The summed E-state index contributed by atoms with van der Waals surface area (Å²) in [5, 5.41) is 8.17. The lowest BCUT2D eigenvalue weighted by Crippen LogP contribution is -2.29. The molecule has 62 valence electrons. The maximum absolute atomic E-state index is 10.5. The Morgan fingerprint density at radius 2 is 2.45 bits per heavy atom. The number of carbonyl (C=O) groups excluding carboxylic acids is 1. The minimum absolute atomic E-state index is 0.0468. The molecule has 11 heavy (non-hydrogen) atoms. The highest BCUT2D eigenvalue weighted by atomic mass is 16.7. The highest BCUT2D eigenvalue weighted by Crippen LogP contribution is 2.10. The van der Waals surface area contributed by atoms with Gasteiger partial charge in [-0.3, -0.25) is 4.79 Å². The summed E-state index contributed by atoms with van der Waals surface area (Å²) in [5.74, 6) is -0.296. The van der Waals surface area contributed by atoms with Gasteiger partial charge in [0, 0.05) is 6.42 Å². The summed E-state index contributed by atoms with van der Waals surface area (Å²) in [7, 11) is 0. The van der Waals surface area contributed by atoms with Crippen LogP contribution in [-0.2, 0) is 14.3 Å². The smallest absolute Gasteiger partial charge is 0.462 e. The van der Waals surface area contributed by atoms with Gasteiger partial charge in [-0.2, -0.15) is 0 Å². The summed E-state index contributed by atoms with van der Waals surface area (Å²) in [5.41, 5.74) is 0. The number of cyclic esters (lactones) is 1.